The van der Waals surface area contributed by atoms with Crippen LogP contribution in [0.2, 0.25) is 5.02 Å². The normalized spacial score (nSPS) is 12.6. The lowest BCUT2D eigenvalue weighted by molar-refractivity contribution is -0.147. The Labute approximate surface area is 171 Å². The van der Waals surface area contributed by atoms with Gasteiger partial charge in [0.25, 0.3) is 0 Å². The van der Waals surface area contributed by atoms with Gasteiger partial charge in [-0.15, -0.1) is 0 Å². The van der Waals surface area contributed by atoms with E-state index < -0.39 is 5.97 Å². The summed E-state index contributed by atoms with van der Waals surface area (Å²) in [5.41, 5.74) is 2.65. The highest BCUT2D eigenvalue weighted by Crippen LogP contribution is 2.29. The van der Waals surface area contributed by atoms with Crippen LogP contribution in [-0.4, -0.2) is 19.7 Å². The molecule has 0 radical (unpaired) electrons. The molecule has 1 aliphatic carbocycles. The molecule has 0 fully saturated rings. The molecule has 29 heavy (non-hydrogen) atoms. The molecule has 0 N–H and O–H groups in total. The second kappa shape index (κ2) is 8.17. The largest absolute Gasteiger partial charge is 0.496 e. The summed E-state index contributed by atoms with van der Waals surface area (Å²) in [6.45, 7) is -0.256. The molecule has 1 aliphatic rings. The van der Waals surface area contributed by atoms with E-state index in [0.717, 1.165) is 35.8 Å². The second-order valence-corrected chi connectivity index (χ2v) is 7.20. The number of carbonyl (C=O) groups excluding carboxylic acids is 1. The molecule has 2 aromatic carbocycles. The Bertz CT molecular complexity index is 1130. The van der Waals surface area contributed by atoms with Crippen molar-refractivity contribution in [3.05, 3.63) is 68.5 Å². The van der Waals surface area contributed by atoms with Gasteiger partial charge in [-0.3, -0.25) is 0 Å². The highest BCUT2D eigenvalue weighted by molar-refractivity contribution is 6.30. The third kappa shape index (κ3) is 4.07. The molecule has 0 aliphatic heterocycles. The molecule has 0 amide bonds. The molecule has 150 valence electrons. The minimum absolute atomic E-state index is 0.0185. The van der Waals surface area contributed by atoms with Crippen molar-refractivity contribution in [3.63, 3.8) is 0 Å². The van der Waals surface area contributed by atoms with Crippen LogP contribution in [0.3, 0.4) is 0 Å². The Hall–Kier alpha value is -2.99. The summed E-state index contributed by atoms with van der Waals surface area (Å²) in [6.07, 6.45) is 2.59. The average molecular weight is 415 g/mol. The van der Waals surface area contributed by atoms with Gasteiger partial charge in [0, 0.05) is 27.6 Å². The Kier molecular flexibility index (Phi) is 5.45. The van der Waals surface area contributed by atoms with Crippen LogP contribution in [-0.2, 0) is 29.0 Å². The average Bonchev–Trinajstić information content (AvgIpc) is 3.21. The van der Waals surface area contributed by atoms with Crippen molar-refractivity contribution >= 4 is 28.5 Å². The molecule has 0 spiro atoms. The molecule has 0 atom stereocenters. The SMILES string of the molecule is COc1ccc(Cl)cc1COC(=O)COc1ccc2c3c(c(=O)oc2c1)CCC3. The first-order chi connectivity index (χ1) is 14.0. The minimum atomic E-state index is -0.539. The van der Waals surface area contributed by atoms with Crippen LogP contribution in [0.5, 0.6) is 11.5 Å². The predicted octanol–water partition coefficient (Wildman–Crippen LogP) is 4.07. The number of halogens is 1. The number of hydrogen-bond acceptors (Lipinski definition) is 6. The van der Waals surface area contributed by atoms with Crippen molar-refractivity contribution in [2.45, 2.75) is 25.9 Å². The first kappa shape index (κ1) is 19.3. The molecule has 4 rings (SSSR count). The lowest BCUT2D eigenvalue weighted by Crippen LogP contribution is -2.15. The van der Waals surface area contributed by atoms with Gasteiger partial charge in [0.2, 0.25) is 0 Å². The minimum Gasteiger partial charge on any atom is -0.496 e. The Morgan fingerprint density at radius 3 is 2.79 bits per heavy atom. The standard InChI is InChI=1S/C22H19ClO6/c1-26-19-8-5-14(23)9-13(19)11-28-21(24)12-27-15-6-7-17-16-3-2-4-18(16)22(25)29-20(17)10-15/h5-10H,2-4,11-12H2,1H3. The summed E-state index contributed by atoms with van der Waals surface area (Å²) < 4.78 is 21.4. The van der Waals surface area contributed by atoms with Crippen LogP contribution in [0.25, 0.3) is 11.0 Å². The van der Waals surface area contributed by atoms with Gasteiger partial charge in [-0.2, -0.15) is 0 Å². The van der Waals surface area contributed by atoms with E-state index in [2.05, 4.69) is 0 Å². The zero-order valence-electron chi connectivity index (χ0n) is 15.8. The Morgan fingerprint density at radius 1 is 1.14 bits per heavy atom. The molecule has 0 saturated carbocycles. The van der Waals surface area contributed by atoms with Gasteiger partial charge in [0.1, 0.15) is 23.7 Å². The number of esters is 1. The third-order valence-electron chi connectivity index (χ3n) is 4.93. The Morgan fingerprint density at radius 2 is 1.97 bits per heavy atom. The number of carbonyl (C=O) groups is 1. The summed E-state index contributed by atoms with van der Waals surface area (Å²) in [5.74, 6) is 0.471. The van der Waals surface area contributed by atoms with E-state index in [1.807, 2.05) is 6.07 Å². The number of hydrogen-bond donors (Lipinski definition) is 0. The number of fused-ring (bicyclic) bond motifs is 3. The van der Waals surface area contributed by atoms with Crippen LogP contribution in [0.1, 0.15) is 23.1 Å². The van der Waals surface area contributed by atoms with Crippen LogP contribution in [0.4, 0.5) is 0 Å². The summed E-state index contributed by atoms with van der Waals surface area (Å²) in [7, 11) is 1.53. The summed E-state index contributed by atoms with van der Waals surface area (Å²) >= 11 is 5.97. The van der Waals surface area contributed by atoms with Crippen LogP contribution in [0.15, 0.2) is 45.6 Å². The Balaban J connectivity index is 1.41. The monoisotopic (exact) mass is 414 g/mol. The van der Waals surface area contributed by atoms with Crippen molar-refractivity contribution < 1.29 is 23.4 Å². The van der Waals surface area contributed by atoms with E-state index in [0.29, 0.717) is 27.7 Å². The number of rotatable bonds is 6. The van der Waals surface area contributed by atoms with Crippen molar-refractivity contribution in [2.24, 2.45) is 0 Å². The fourth-order valence-corrected chi connectivity index (χ4v) is 3.75. The van der Waals surface area contributed by atoms with E-state index in [9.17, 15) is 9.59 Å². The molecular formula is C22H19ClO6. The second-order valence-electron chi connectivity index (χ2n) is 6.76. The lowest BCUT2D eigenvalue weighted by atomic mass is 10.1. The molecule has 1 aromatic heterocycles. The molecule has 7 heteroatoms. The summed E-state index contributed by atoms with van der Waals surface area (Å²) in [5, 5.41) is 1.44. The van der Waals surface area contributed by atoms with Gasteiger partial charge in [-0.05, 0) is 55.2 Å². The fraction of sp³-hybridized carbons (Fsp3) is 0.273. The van der Waals surface area contributed by atoms with Crippen molar-refractivity contribution in [3.8, 4) is 11.5 Å². The van der Waals surface area contributed by atoms with Gasteiger partial charge < -0.3 is 18.6 Å². The summed E-state index contributed by atoms with van der Waals surface area (Å²) in [4.78, 5) is 24.1. The van der Waals surface area contributed by atoms with Gasteiger partial charge in [-0.25, -0.2) is 9.59 Å². The van der Waals surface area contributed by atoms with E-state index in [-0.39, 0.29) is 18.8 Å². The maximum atomic E-state index is 12.1. The van der Waals surface area contributed by atoms with Crippen LogP contribution < -0.4 is 15.1 Å². The number of benzene rings is 2. The third-order valence-corrected chi connectivity index (χ3v) is 5.17. The van der Waals surface area contributed by atoms with Gasteiger partial charge in [-0.1, -0.05) is 11.6 Å². The number of aryl methyl sites for hydroxylation is 1. The molecular weight excluding hydrogens is 396 g/mol. The van der Waals surface area contributed by atoms with Gasteiger partial charge in [0.15, 0.2) is 6.61 Å². The van der Waals surface area contributed by atoms with Crippen LogP contribution >= 0.6 is 11.6 Å². The first-order valence-electron chi connectivity index (χ1n) is 9.24. The molecule has 3 aromatic rings. The summed E-state index contributed by atoms with van der Waals surface area (Å²) in [6, 6.07) is 10.3. The fourth-order valence-electron chi connectivity index (χ4n) is 3.56. The van der Waals surface area contributed by atoms with Gasteiger partial charge in [0.05, 0.1) is 7.11 Å². The van der Waals surface area contributed by atoms with E-state index in [4.69, 9.17) is 30.2 Å². The highest BCUT2D eigenvalue weighted by atomic mass is 35.5. The van der Waals surface area contributed by atoms with E-state index in [1.54, 1.807) is 30.3 Å². The number of methoxy groups -OCH3 is 1. The van der Waals surface area contributed by atoms with Crippen molar-refractivity contribution in [2.75, 3.05) is 13.7 Å². The van der Waals surface area contributed by atoms with E-state index >= 15 is 0 Å². The predicted molar refractivity (Wildman–Crippen MR) is 108 cm³/mol. The maximum Gasteiger partial charge on any atom is 0.344 e. The van der Waals surface area contributed by atoms with Crippen molar-refractivity contribution in [1.82, 2.24) is 0 Å². The topological polar surface area (TPSA) is 75.0 Å². The molecule has 0 unspecified atom stereocenters. The first-order valence-corrected chi connectivity index (χ1v) is 9.62. The maximum absolute atomic E-state index is 12.1. The van der Waals surface area contributed by atoms with E-state index in [1.165, 1.54) is 7.11 Å². The lowest BCUT2D eigenvalue weighted by Gasteiger charge is -2.11. The highest BCUT2D eigenvalue weighted by Gasteiger charge is 2.19. The van der Waals surface area contributed by atoms with Crippen LogP contribution in [0, 0.1) is 0 Å². The zero-order valence-corrected chi connectivity index (χ0v) is 16.6. The molecule has 0 saturated heterocycles. The zero-order chi connectivity index (χ0) is 20.4. The number of ether oxygens (including phenoxy) is 3. The molecule has 6 nitrogen and oxygen atoms in total. The van der Waals surface area contributed by atoms with Crippen molar-refractivity contribution in [1.29, 1.82) is 0 Å². The molecule has 0 bridgehead atoms. The smallest absolute Gasteiger partial charge is 0.344 e. The van der Waals surface area contributed by atoms with Gasteiger partial charge >= 0.3 is 11.6 Å². The molecule has 1 heterocycles. The quantitative estimate of drug-likeness (QED) is 0.447.